The van der Waals surface area contributed by atoms with Gasteiger partial charge in [0.1, 0.15) is 0 Å². The van der Waals surface area contributed by atoms with Crippen molar-refractivity contribution in [3.8, 4) is 0 Å². The quantitative estimate of drug-likeness (QED) is 0.701. The monoisotopic (exact) mass is 427 g/mol. The number of amides is 3. The molecule has 0 radical (unpaired) electrons. The molecule has 6 nitrogen and oxygen atoms in total. The fraction of sp³-hybridized carbons (Fsp3) is 0.640. The zero-order valence-electron chi connectivity index (χ0n) is 19.2. The van der Waals surface area contributed by atoms with Gasteiger partial charge in [-0.25, -0.2) is 0 Å². The van der Waals surface area contributed by atoms with Crippen molar-refractivity contribution in [1.29, 1.82) is 0 Å². The Morgan fingerprint density at radius 3 is 2.16 bits per heavy atom. The van der Waals surface area contributed by atoms with Gasteiger partial charge in [-0.05, 0) is 49.9 Å². The van der Waals surface area contributed by atoms with Crippen LogP contribution in [0.15, 0.2) is 24.3 Å². The molecule has 2 fully saturated rings. The molecule has 2 N–H and O–H groups in total. The maximum Gasteiger partial charge on any atom is 0.253 e. The SMILES string of the molecule is CC(C)(C)C(=O)Nc1ccc(C(=O)N2CCC[C@H](C(=O)NC3CCCCCC3)C2)cc1. The summed E-state index contributed by atoms with van der Waals surface area (Å²) in [6.07, 6.45) is 8.71. The first kappa shape index (κ1) is 23.3. The van der Waals surface area contributed by atoms with E-state index in [9.17, 15) is 14.4 Å². The van der Waals surface area contributed by atoms with Gasteiger partial charge in [0.05, 0.1) is 5.92 Å². The Labute approximate surface area is 186 Å². The second-order valence-electron chi connectivity index (χ2n) is 10.1. The number of nitrogens with one attached hydrogen (secondary N) is 2. The topological polar surface area (TPSA) is 78.5 Å². The average Bonchev–Trinajstić information content (AvgIpc) is 3.02. The number of nitrogens with zero attached hydrogens (tertiary/aromatic N) is 1. The fourth-order valence-electron chi connectivity index (χ4n) is 4.32. The lowest BCUT2D eigenvalue weighted by Crippen LogP contribution is -2.47. The molecule has 1 saturated carbocycles. The molecule has 0 unspecified atom stereocenters. The van der Waals surface area contributed by atoms with Crippen LogP contribution in [0.25, 0.3) is 0 Å². The highest BCUT2D eigenvalue weighted by molar-refractivity contribution is 5.97. The van der Waals surface area contributed by atoms with Crippen molar-refractivity contribution in [2.45, 2.75) is 78.2 Å². The number of rotatable bonds is 4. The van der Waals surface area contributed by atoms with Crippen molar-refractivity contribution < 1.29 is 14.4 Å². The van der Waals surface area contributed by atoms with E-state index in [1.54, 1.807) is 29.2 Å². The van der Waals surface area contributed by atoms with Gasteiger partial charge in [0.25, 0.3) is 5.91 Å². The van der Waals surface area contributed by atoms with Gasteiger partial charge in [-0.1, -0.05) is 46.5 Å². The minimum absolute atomic E-state index is 0.0549. The first-order valence-electron chi connectivity index (χ1n) is 11.8. The van der Waals surface area contributed by atoms with Gasteiger partial charge in [0.2, 0.25) is 11.8 Å². The molecule has 1 aromatic rings. The molecule has 6 heteroatoms. The minimum Gasteiger partial charge on any atom is -0.353 e. The van der Waals surface area contributed by atoms with Crippen molar-refractivity contribution >= 4 is 23.4 Å². The summed E-state index contributed by atoms with van der Waals surface area (Å²) < 4.78 is 0. The normalized spacial score (nSPS) is 20.6. The molecule has 0 spiro atoms. The molecular formula is C25H37N3O3. The zero-order valence-corrected chi connectivity index (χ0v) is 19.2. The van der Waals surface area contributed by atoms with Crippen LogP contribution in [0, 0.1) is 11.3 Å². The Morgan fingerprint density at radius 2 is 1.55 bits per heavy atom. The highest BCUT2D eigenvalue weighted by Crippen LogP contribution is 2.23. The Kier molecular flexibility index (Phi) is 7.74. The highest BCUT2D eigenvalue weighted by atomic mass is 16.2. The van der Waals surface area contributed by atoms with E-state index in [1.807, 2.05) is 20.8 Å². The first-order valence-corrected chi connectivity index (χ1v) is 11.8. The molecule has 3 rings (SSSR count). The lowest BCUT2D eigenvalue weighted by Gasteiger charge is -2.33. The molecule has 3 amide bonds. The number of hydrogen-bond acceptors (Lipinski definition) is 3. The van der Waals surface area contributed by atoms with Crippen molar-refractivity contribution in [1.82, 2.24) is 10.2 Å². The average molecular weight is 428 g/mol. The number of likely N-dealkylation sites (tertiary alicyclic amines) is 1. The van der Waals surface area contributed by atoms with Gasteiger partial charge in [-0.3, -0.25) is 14.4 Å². The summed E-state index contributed by atoms with van der Waals surface area (Å²) >= 11 is 0. The lowest BCUT2D eigenvalue weighted by atomic mass is 9.95. The largest absolute Gasteiger partial charge is 0.353 e. The molecule has 1 heterocycles. The van der Waals surface area contributed by atoms with Crippen molar-refractivity contribution in [3.63, 3.8) is 0 Å². The van der Waals surface area contributed by atoms with Crippen molar-refractivity contribution in [2.24, 2.45) is 11.3 Å². The minimum atomic E-state index is -0.478. The molecule has 2 aliphatic rings. The summed E-state index contributed by atoms with van der Waals surface area (Å²) in [6.45, 7) is 6.73. The van der Waals surface area contributed by atoms with Crippen LogP contribution in [0.5, 0.6) is 0 Å². The number of carbonyl (C=O) groups excluding carboxylic acids is 3. The lowest BCUT2D eigenvalue weighted by molar-refractivity contribution is -0.127. The molecule has 1 aliphatic carbocycles. The van der Waals surface area contributed by atoms with E-state index in [1.165, 1.54) is 25.7 Å². The van der Waals surface area contributed by atoms with E-state index in [0.717, 1.165) is 25.7 Å². The summed E-state index contributed by atoms with van der Waals surface area (Å²) in [5.74, 6) is -0.151. The van der Waals surface area contributed by atoms with Crippen LogP contribution in [-0.2, 0) is 9.59 Å². The number of carbonyl (C=O) groups is 3. The summed E-state index contributed by atoms with van der Waals surface area (Å²) in [6, 6.07) is 7.30. The Bertz CT molecular complexity index is 774. The third kappa shape index (κ3) is 6.55. The Hall–Kier alpha value is -2.37. The number of piperidine rings is 1. The maximum absolute atomic E-state index is 13.0. The molecule has 1 aliphatic heterocycles. The van der Waals surface area contributed by atoms with Crippen LogP contribution in [-0.4, -0.2) is 41.8 Å². The van der Waals surface area contributed by atoms with Crippen LogP contribution in [0.4, 0.5) is 5.69 Å². The molecule has 1 saturated heterocycles. The van der Waals surface area contributed by atoms with Crippen LogP contribution < -0.4 is 10.6 Å². The summed E-state index contributed by atoms with van der Waals surface area (Å²) in [5.41, 5.74) is 0.781. The second-order valence-corrected chi connectivity index (χ2v) is 10.1. The smallest absolute Gasteiger partial charge is 0.253 e. The van der Waals surface area contributed by atoms with Crippen LogP contribution in [0.3, 0.4) is 0 Å². The molecule has 170 valence electrons. The van der Waals surface area contributed by atoms with E-state index in [-0.39, 0.29) is 29.7 Å². The fourth-order valence-corrected chi connectivity index (χ4v) is 4.32. The van der Waals surface area contributed by atoms with Gasteiger partial charge in [0.15, 0.2) is 0 Å². The van der Waals surface area contributed by atoms with Gasteiger partial charge < -0.3 is 15.5 Å². The van der Waals surface area contributed by atoms with Gasteiger partial charge >= 0.3 is 0 Å². The molecule has 0 aromatic heterocycles. The summed E-state index contributed by atoms with van der Waals surface area (Å²) in [7, 11) is 0. The van der Waals surface area contributed by atoms with Gasteiger partial charge in [-0.15, -0.1) is 0 Å². The predicted octanol–water partition coefficient (Wildman–Crippen LogP) is 4.36. The van der Waals surface area contributed by atoms with Crippen molar-refractivity contribution in [3.05, 3.63) is 29.8 Å². The second kappa shape index (κ2) is 10.3. The van der Waals surface area contributed by atoms with E-state index >= 15 is 0 Å². The Morgan fingerprint density at radius 1 is 0.903 bits per heavy atom. The number of benzene rings is 1. The highest BCUT2D eigenvalue weighted by Gasteiger charge is 2.30. The summed E-state index contributed by atoms with van der Waals surface area (Å²) in [4.78, 5) is 39.8. The molecule has 1 aromatic carbocycles. The van der Waals surface area contributed by atoms with E-state index in [2.05, 4.69) is 10.6 Å². The molecular weight excluding hydrogens is 390 g/mol. The third-order valence-corrected chi connectivity index (χ3v) is 6.35. The van der Waals surface area contributed by atoms with Crippen LogP contribution in [0.2, 0.25) is 0 Å². The first-order chi connectivity index (χ1) is 14.7. The molecule has 0 bridgehead atoms. The standard InChI is InChI=1S/C25H37N3O3/c1-25(2,3)24(31)27-21-14-12-18(13-15-21)23(30)28-16-8-9-19(17-28)22(29)26-20-10-6-4-5-7-11-20/h12-15,19-20H,4-11,16-17H2,1-3H3,(H,26,29)(H,27,31)/t19-/m0/s1. The predicted molar refractivity (Wildman–Crippen MR) is 123 cm³/mol. The van der Waals surface area contributed by atoms with Gasteiger partial charge in [-0.2, -0.15) is 0 Å². The van der Waals surface area contributed by atoms with Crippen LogP contribution >= 0.6 is 0 Å². The third-order valence-electron chi connectivity index (χ3n) is 6.35. The summed E-state index contributed by atoms with van der Waals surface area (Å²) in [5, 5.41) is 6.12. The Balaban J connectivity index is 1.56. The number of hydrogen-bond donors (Lipinski definition) is 2. The molecule has 31 heavy (non-hydrogen) atoms. The van der Waals surface area contributed by atoms with Gasteiger partial charge in [0, 0.05) is 35.8 Å². The van der Waals surface area contributed by atoms with E-state index < -0.39 is 5.41 Å². The van der Waals surface area contributed by atoms with Crippen molar-refractivity contribution in [2.75, 3.05) is 18.4 Å². The van der Waals surface area contributed by atoms with E-state index in [0.29, 0.717) is 24.3 Å². The molecule has 1 atom stereocenters. The maximum atomic E-state index is 13.0. The number of anilines is 1. The van der Waals surface area contributed by atoms with E-state index in [4.69, 9.17) is 0 Å². The van der Waals surface area contributed by atoms with Crippen LogP contribution in [0.1, 0.15) is 82.5 Å². The zero-order chi connectivity index (χ0) is 22.4.